The fourth-order valence-corrected chi connectivity index (χ4v) is 7.94. The van der Waals surface area contributed by atoms with Crippen LogP contribution in [-0.4, -0.2) is 80.3 Å². The summed E-state index contributed by atoms with van der Waals surface area (Å²) in [6.07, 6.45) is 7.17. The minimum absolute atomic E-state index is 0.0456. The number of fused-ring (bicyclic) bond motifs is 1. The molecule has 10 nitrogen and oxygen atoms in total. The number of hydrogen-bond donors (Lipinski definition) is 2. The molecule has 1 saturated heterocycles. The summed E-state index contributed by atoms with van der Waals surface area (Å²) in [5, 5.41) is 0.310. The van der Waals surface area contributed by atoms with E-state index < -0.39 is 25.3 Å². The molecular weight excluding hydrogens is 440 g/mol. The van der Waals surface area contributed by atoms with Crippen LogP contribution in [0.25, 0.3) is 11.0 Å². The van der Waals surface area contributed by atoms with E-state index in [1.807, 2.05) is 19.3 Å². The van der Waals surface area contributed by atoms with Crippen molar-refractivity contribution < 1.29 is 16.8 Å². The van der Waals surface area contributed by atoms with Crippen LogP contribution in [0, 0.1) is 5.92 Å². The van der Waals surface area contributed by atoms with Gasteiger partial charge in [-0.3, -0.25) is 0 Å². The van der Waals surface area contributed by atoms with Crippen molar-refractivity contribution in [2.45, 2.75) is 43.4 Å². The highest BCUT2D eigenvalue weighted by molar-refractivity contribution is 7.90. The molecule has 31 heavy (non-hydrogen) atoms. The van der Waals surface area contributed by atoms with Crippen LogP contribution >= 0.6 is 0 Å². The van der Waals surface area contributed by atoms with Crippen molar-refractivity contribution in [2.75, 3.05) is 37.8 Å². The Bertz CT molecular complexity index is 1130. The molecular formula is C19H30N6O4S2. The van der Waals surface area contributed by atoms with Gasteiger partial charge < -0.3 is 9.88 Å². The first-order valence-electron chi connectivity index (χ1n) is 10.6. The summed E-state index contributed by atoms with van der Waals surface area (Å²) >= 11 is 0. The fraction of sp³-hybridized carbons (Fsp3) is 0.684. The quantitative estimate of drug-likeness (QED) is 0.615. The smallest absolute Gasteiger partial charge is 0.215 e. The highest BCUT2D eigenvalue weighted by atomic mass is 32.2. The van der Waals surface area contributed by atoms with Crippen LogP contribution in [-0.2, 0) is 20.0 Å². The van der Waals surface area contributed by atoms with Crippen molar-refractivity contribution >= 4 is 36.9 Å². The highest BCUT2D eigenvalue weighted by Crippen LogP contribution is 2.33. The van der Waals surface area contributed by atoms with Crippen LogP contribution in [0.2, 0.25) is 0 Å². The van der Waals surface area contributed by atoms with E-state index in [2.05, 4.69) is 24.6 Å². The third-order valence-electron chi connectivity index (χ3n) is 6.70. The Morgan fingerprint density at radius 3 is 2.61 bits per heavy atom. The van der Waals surface area contributed by atoms with Crippen molar-refractivity contribution in [1.29, 1.82) is 0 Å². The first-order chi connectivity index (χ1) is 14.7. The summed E-state index contributed by atoms with van der Waals surface area (Å²) in [6.45, 7) is 0.316. The van der Waals surface area contributed by atoms with Gasteiger partial charge in [0.1, 0.15) is 17.8 Å². The van der Waals surface area contributed by atoms with Gasteiger partial charge in [-0.05, 0) is 51.1 Å². The number of anilines is 1. The van der Waals surface area contributed by atoms with Crippen molar-refractivity contribution in [3.05, 3.63) is 18.6 Å². The van der Waals surface area contributed by atoms with Gasteiger partial charge in [0.05, 0.1) is 16.4 Å². The minimum Gasteiger partial charge on any atom is -0.356 e. The molecule has 0 spiro atoms. The molecule has 2 N–H and O–H groups in total. The molecule has 0 aromatic carbocycles. The summed E-state index contributed by atoms with van der Waals surface area (Å²) in [5.74, 6) is 1.06. The van der Waals surface area contributed by atoms with E-state index in [9.17, 15) is 16.8 Å². The normalized spacial score (nSPS) is 25.8. The summed E-state index contributed by atoms with van der Waals surface area (Å²) in [5.41, 5.74) is 0.806. The lowest BCUT2D eigenvalue weighted by atomic mass is 9.86. The fourth-order valence-electron chi connectivity index (χ4n) is 4.79. The molecule has 0 amide bonds. The van der Waals surface area contributed by atoms with E-state index in [1.165, 1.54) is 11.4 Å². The predicted octanol–water partition coefficient (Wildman–Crippen LogP) is 0.906. The van der Waals surface area contributed by atoms with Gasteiger partial charge in [0.15, 0.2) is 0 Å². The van der Waals surface area contributed by atoms with Gasteiger partial charge in [0.25, 0.3) is 0 Å². The summed E-state index contributed by atoms with van der Waals surface area (Å²) in [4.78, 5) is 14.0. The van der Waals surface area contributed by atoms with Crippen LogP contribution in [0.4, 0.5) is 5.82 Å². The van der Waals surface area contributed by atoms with Gasteiger partial charge in [-0.1, -0.05) is 0 Å². The number of H-pyrrole nitrogens is 1. The monoisotopic (exact) mass is 470 g/mol. The topological polar surface area (TPSA) is 128 Å². The summed E-state index contributed by atoms with van der Waals surface area (Å²) in [6, 6.07) is 2.26. The number of aromatic amines is 1. The highest BCUT2D eigenvalue weighted by Gasteiger charge is 2.39. The molecule has 2 aliphatic rings. The second-order valence-corrected chi connectivity index (χ2v) is 12.7. The Morgan fingerprint density at radius 2 is 1.90 bits per heavy atom. The molecule has 0 radical (unpaired) electrons. The number of nitrogens with zero attached hydrogens (tertiary/aromatic N) is 4. The van der Waals surface area contributed by atoms with Gasteiger partial charge in [-0.15, -0.1) is 0 Å². The van der Waals surface area contributed by atoms with Gasteiger partial charge in [-0.25, -0.2) is 35.8 Å². The van der Waals surface area contributed by atoms with Crippen LogP contribution < -0.4 is 9.62 Å². The number of aromatic nitrogens is 3. The first-order valence-corrected chi connectivity index (χ1v) is 13.8. The Kier molecular flexibility index (Phi) is 6.25. The van der Waals surface area contributed by atoms with Gasteiger partial charge in [-0.2, -0.15) is 0 Å². The number of nitrogens with one attached hydrogen (secondary N) is 2. The third-order valence-corrected chi connectivity index (χ3v) is 10.5. The Morgan fingerprint density at radius 1 is 1.16 bits per heavy atom. The van der Waals surface area contributed by atoms with E-state index in [-0.39, 0.29) is 24.8 Å². The van der Waals surface area contributed by atoms with Crippen molar-refractivity contribution in [3.63, 3.8) is 0 Å². The average Bonchev–Trinajstić information content (AvgIpc) is 3.43. The largest absolute Gasteiger partial charge is 0.356 e. The van der Waals surface area contributed by atoms with Crippen molar-refractivity contribution in [3.8, 4) is 0 Å². The van der Waals surface area contributed by atoms with E-state index in [4.69, 9.17) is 0 Å². The second-order valence-electron chi connectivity index (χ2n) is 8.52. The van der Waals surface area contributed by atoms with Crippen LogP contribution in [0.15, 0.2) is 18.6 Å². The lowest BCUT2D eigenvalue weighted by Crippen LogP contribution is -2.40. The molecule has 1 atom stereocenters. The minimum atomic E-state index is -3.47. The maximum absolute atomic E-state index is 12.9. The maximum atomic E-state index is 12.9. The Labute approximate surface area is 183 Å². The Balaban J connectivity index is 1.34. The van der Waals surface area contributed by atoms with Crippen molar-refractivity contribution in [2.24, 2.45) is 5.92 Å². The molecule has 1 aliphatic carbocycles. The lowest BCUT2D eigenvalue weighted by molar-refractivity contribution is 0.336. The molecule has 0 bridgehead atoms. The van der Waals surface area contributed by atoms with E-state index in [0.717, 1.165) is 42.5 Å². The molecule has 12 heteroatoms. The molecule has 2 aromatic rings. The molecule has 4 rings (SSSR count). The molecule has 1 saturated carbocycles. The number of rotatable bonds is 7. The molecule has 172 valence electrons. The zero-order valence-corrected chi connectivity index (χ0v) is 19.5. The number of sulfonamides is 2. The van der Waals surface area contributed by atoms with Crippen LogP contribution in [0.3, 0.4) is 0 Å². The van der Waals surface area contributed by atoms with E-state index >= 15 is 0 Å². The summed E-state index contributed by atoms with van der Waals surface area (Å²) in [7, 11) is -3.53. The van der Waals surface area contributed by atoms with Crippen LogP contribution in [0.5, 0.6) is 0 Å². The molecule has 2 aromatic heterocycles. The van der Waals surface area contributed by atoms with Gasteiger partial charge in [0.2, 0.25) is 20.0 Å². The maximum Gasteiger partial charge on any atom is 0.215 e. The molecule has 0 unspecified atom stereocenters. The Hall–Kier alpha value is -1.76. The third kappa shape index (κ3) is 4.57. The van der Waals surface area contributed by atoms with E-state index in [0.29, 0.717) is 12.5 Å². The lowest BCUT2D eigenvalue weighted by Gasteiger charge is -2.35. The second kappa shape index (κ2) is 8.64. The standard InChI is InChI=1S/C19H30N6O4S2/c1-20-31(28,29)16-8-10-25(11-16)30(26,27)12-14-3-5-15(6-4-14)24(2)19-17-7-9-21-18(17)22-13-23-19/h7,9,13-16,20H,3-6,8,10-12H2,1-2H3,(H,21,22,23)/t14?,15?,16-/m0/s1. The zero-order chi connectivity index (χ0) is 22.2. The first kappa shape index (κ1) is 22.4. The van der Waals surface area contributed by atoms with Crippen molar-refractivity contribution in [1.82, 2.24) is 24.0 Å². The zero-order valence-electron chi connectivity index (χ0n) is 17.9. The van der Waals surface area contributed by atoms with E-state index in [1.54, 1.807) is 6.33 Å². The predicted molar refractivity (Wildman–Crippen MR) is 120 cm³/mol. The van der Waals surface area contributed by atoms with Gasteiger partial charge >= 0.3 is 0 Å². The molecule has 1 aliphatic heterocycles. The van der Waals surface area contributed by atoms with Gasteiger partial charge in [0, 0.05) is 32.4 Å². The SMILES string of the molecule is CNS(=O)(=O)[C@H]1CCN(S(=O)(=O)CC2CCC(N(C)c3ncnc4[nH]ccc34)CC2)C1. The summed E-state index contributed by atoms with van der Waals surface area (Å²) < 4.78 is 53.5. The van der Waals surface area contributed by atoms with Crippen LogP contribution in [0.1, 0.15) is 32.1 Å². The molecule has 2 fully saturated rings. The molecule has 3 heterocycles. The average molecular weight is 471 g/mol. The number of hydrogen-bond acceptors (Lipinski definition) is 7.